The van der Waals surface area contributed by atoms with Crippen LogP contribution in [-0.4, -0.2) is 5.97 Å². The molecule has 1 aliphatic heterocycles. The van der Waals surface area contributed by atoms with Crippen LogP contribution in [0.4, 0.5) is 0 Å². The third-order valence-electron chi connectivity index (χ3n) is 2.51. The zero-order valence-corrected chi connectivity index (χ0v) is 7.78. The van der Waals surface area contributed by atoms with E-state index in [2.05, 4.69) is 0 Å². The monoisotopic (exact) mass is 176 g/mol. The van der Waals surface area contributed by atoms with E-state index in [4.69, 9.17) is 4.74 Å². The van der Waals surface area contributed by atoms with Gasteiger partial charge in [0.2, 0.25) is 0 Å². The summed E-state index contributed by atoms with van der Waals surface area (Å²) >= 11 is 0. The van der Waals surface area contributed by atoms with Gasteiger partial charge >= 0.3 is 5.97 Å². The molecular weight excluding hydrogens is 164 g/mol. The van der Waals surface area contributed by atoms with Crippen LogP contribution >= 0.6 is 0 Å². The lowest BCUT2D eigenvalue weighted by molar-refractivity contribution is -0.202. The molecule has 0 bridgehead atoms. The lowest BCUT2D eigenvalue weighted by Gasteiger charge is -2.42. The lowest BCUT2D eigenvalue weighted by atomic mass is 9.78. The summed E-state index contributed by atoms with van der Waals surface area (Å²) in [6.45, 7) is 3.83. The molecular formula is C11H12O2. The number of hydrogen-bond acceptors (Lipinski definition) is 2. The SMILES string of the molecule is CC1(C)C(=O)O[C@H]1c1ccccc1. The fraction of sp³-hybridized carbons (Fsp3) is 0.364. The second-order valence-electron chi connectivity index (χ2n) is 3.92. The van der Waals surface area contributed by atoms with E-state index in [1.54, 1.807) is 0 Å². The van der Waals surface area contributed by atoms with Gasteiger partial charge in [0, 0.05) is 0 Å². The summed E-state index contributed by atoms with van der Waals surface area (Å²) in [7, 11) is 0. The molecule has 0 radical (unpaired) electrons. The molecule has 2 heteroatoms. The summed E-state index contributed by atoms with van der Waals surface area (Å²) in [5.74, 6) is -0.110. The van der Waals surface area contributed by atoms with Gasteiger partial charge in [-0.3, -0.25) is 4.79 Å². The van der Waals surface area contributed by atoms with Gasteiger partial charge in [-0.15, -0.1) is 0 Å². The Labute approximate surface area is 77.5 Å². The van der Waals surface area contributed by atoms with Crippen LogP contribution < -0.4 is 0 Å². The molecule has 0 amide bonds. The Balaban J connectivity index is 2.27. The van der Waals surface area contributed by atoms with Crippen molar-refractivity contribution in [3.05, 3.63) is 35.9 Å². The minimum absolute atomic E-state index is 0.0683. The van der Waals surface area contributed by atoms with Crippen molar-refractivity contribution in [2.24, 2.45) is 5.41 Å². The summed E-state index contributed by atoms with van der Waals surface area (Å²) in [5.41, 5.74) is 0.716. The quantitative estimate of drug-likeness (QED) is 0.614. The minimum atomic E-state index is -0.360. The van der Waals surface area contributed by atoms with E-state index in [1.165, 1.54) is 0 Å². The molecule has 0 aliphatic carbocycles. The number of ether oxygens (including phenoxy) is 1. The number of esters is 1. The van der Waals surface area contributed by atoms with Gasteiger partial charge in [-0.2, -0.15) is 0 Å². The fourth-order valence-electron chi connectivity index (χ4n) is 1.57. The van der Waals surface area contributed by atoms with Crippen LogP contribution in [0.5, 0.6) is 0 Å². The van der Waals surface area contributed by atoms with Crippen molar-refractivity contribution >= 4 is 5.97 Å². The summed E-state index contributed by atoms with van der Waals surface area (Å²) in [5, 5.41) is 0. The summed E-state index contributed by atoms with van der Waals surface area (Å²) in [6.07, 6.45) is -0.0683. The van der Waals surface area contributed by atoms with Crippen LogP contribution in [0.3, 0.4) is 0 Å². The molecule has 0 saturated carbocycles. The van der Waals surface area contributed by atoms with Crippen molar-refractivity contribution in [2.75, 3.05) is 0 Å². The maximum absolute atomic E-state index is 11.1. The van der Waals surface area contributed by atoms with Gasteiger partial charge < -0.3 is 4.74 Å². The van der Waals surface area contributed by atoms with Crippen molar-refractivity contribution in [3.8, 4) is 0 Å². The summed E-state index contributed by atoms with van der Waals surface area (Å²) < 4.78 is 5.10. The Morgan fingerprint density at radius 1 is 1.23 bits per heavy atom. The highest BCUT2D eigenvalue weighted by Gasteiger charge is 2.51. The molecule has 0 N–H and O–H groups in total. The first-order chi connectivity index (χ1) is 6.12. The topological polar surface area (TPSA) is 26.3 Å². The molecule has 1 heterocycles. The van der Waals surface area contributed by atoms with E-state index in [0.29, 0.717) is 0 Å². The van der Waals surface area contributed by atoms with Crippen molar-refractivity contribution in [2.45, 2.75) is 20.0 Å². The average molecular weight is 176 g/mol. The highest BCUT2D eigenvalue weighted by Crippen LogP contribution is 2.46. The predicted molar refractivity (Wildman–Crippen MR) is 49.1 cm³/mol. The van der Waals surface area contributed by atoms with E-state index in [-0.39, 0.29) is 17.5 Å². The van der Waals surface area contributed by atoms with E-state index < -0.39 is 0 Å². The number of rotatable bonds is 1. The summed E-state index contributed by atoms with van der Waals surface area (Å²) in [6, 6.07) is 9.84. The lowest BCUT2D eigenvalue weighted by Crippen LogP contribution is -2.46. The molecule has 13 heavy (non-hydrogen) atoms. The van der Waals surface area contributed by atoms with Crippen LogP contribution in [0.1, 0.15) is 25.5 Å². The molecule has 1 atom stereocenters. The standard InChI is InChI=1S/C11H12O2/c1-11(2)9(13-10(11)12)8-6-4-3-5-7-8/h3-7,9H,1-2H3/t9-/m0/s1. The van der Waals surface area contributed by atoms with Gasteiger partial charge in [0.05, 0.1) is 0 Å². The molecule has 1 aromatic rings. The van der Waals surface area contributed by atoms with E-state index >= 15 is 0 Å². The maximum Gasteiger partial charge on any atom is 0.316 e. The third kappa shape index (κ3) is 1.13. The fourth-order valence-corrected chi connectivity index (χ4v) is 1.57. The Kier molecular flexibility index (Phi) is 1.65. The third-order valence-corrected chi connectivity index (χ3v) is 2.51. The zero-order valence-electron chi connectivity index (χ0n) is 7.78. The molecule has 1 fully saturated rings. The largest absolute Gasteiger partial charge is 0.456 e. The molecule has 0 unspecified atom stereocenters. The Bertz CT molecular complexity index is 327. The van der Waals surface area contributed by atoms with Gasteiger partial charge in [-0.05, 0) is 19.4 Å². The van der Waals surface area contributed by atoms with Crippen molar-refractivity contribution in [1.29, 1.82) is 0 Å². The Morgan fingerprint density at radius 3 is 2.31 bits per heavy atom. The van der Waals surface area contributed by atoms with E-state index in [9.17, 15) is 4.79 Å². The van der Waals surface area contributed by atoms with Gasteiger partial charge in [0.15, 0.2) is 0 Å². The minimum Gasteiger partial charge on any atom is -0.456 e. The second-order valence-corrected chi connectivity index (χ2v) is 3.92. The number of hydrogen-bond donors (Lipinski definition) is 0. The normalized spacial score (nSPS) is 24.8. The van der Waals surface area contributed by atoms with Gasteiger partial charge in [-0.25, -0.2) is 0 Å². The first-order valence-electron chi connectivity index (χ1n) is 4.38. The highest BCUT2D eigenvalue weighted by atomic mass is 16.6. The smallest absolute Gasteiger partial charge is 0.316 e. The Morgan fingerprint density at radius 2 is 1.85 bits per heavy atom. The van der Waals surface area contributed by atoms with Crippen molar-refractivity contribution in [3.63, 3.8) is 0 Å². The molecule has 0 aromatic heterocycles. The first-order valence-corrected chi connectivity index (χ1v) is 4.38. The van der Waals surface area contributed by atoms with E-state index in [0.717, 1.165) is 5.56 Å². The van der Waals surface area contributed by atoms with Crippen LogP contribution in [0.25, 0.3) is 0 Å². The molecule has 1 saturated heterocycles. The molecule has 2 rings (SSSR count). The van der Waals surface area contributed by atoms with Crippen molar-refractivity contribution < 1.29 is 9.53 Å². The van der Waals surface area contributed by atoms with Crippen molar-refractivity contribution in [1.82, 2.24) is 0 Å². The van der Waals surface area contributed by atoms with Crippen LogP contribution in [-0.2, 0) is 9.53 Å². The highest BCUT2D eigenvalue weighted by molar-refractivity contribution is 5.82. The first kappa shape index (κ1) is 8.30. The Hall–Kier alpha value is -1.31. The number of carbonyl (C=O) groups excluding carboxylic acids is 1. The molecule has 0 spiro atoms. The van der Waals surface area contributed by atoms with Gasteiger partial charge in [-0.1, -0.05) is 30.3 Å². The number of benzene rings is 1. The molecule has 1 aliphatic rings. The van der Waals surface area contributed by atoms with Crippen LogP contribution in [0, 0.1) is 5.41 Å². The summed E-state index contributed by atoms with van der Waals surface area (Å²) in [4.78, 5) is 11.1. The molecule has 2 nitrogen and oxygen atoms in total. The van der Waals surface area contributed by atoms with Crippen LogP contribution in [0.2, 0.25) is 0 Å². The van der Waals surface area contributed by atoms with Gasteiger partial charge in [0.25, 0.3) is 0 Å². The number of cyclic esters (lactones) is 1. The zero-order chi connectivity index (χ0) is 9.47. The second kappa shape index (κ2) is 2.59. The van der Waals surface area contributed by atoms with Crippen LogP contribution in [0.15, 0.2) is 30.3 Å². The molecule has 68 valence electrons. The maximum atomic E-state index is 11.1. The predicted octanol–water partition coefficient (Wildman–Crippen LogP) is 2.31. The van der Waals surface area contributed by atoms with Gasteiger partial charge in [0.1, 0.15) is 11.5 Å². The molecule has 1 aromatic carbocycles. The number of carbonyl (C=O) groups is 1. The van der Waals surface area contributed by atoms with E-state index in [1.807, 2.05) is 44.2 Å². The average Bonchev–Trinajstić information content (AvgIpc) is 2.15.